The summed E-state index contributed by atoms with van der Waals surface area (Å²) in [4.78, 5) is 47.2. The van der Waals surface area contributed by atoms with Crippen LogP contribution in [0, 0.1) is 27.7 Å². The zero-order chi connectivity index (χ0) is 30.1. The summed E-state index contributed by atoms with van der Waals surface area (Å²) in [5.74, 6) is 0.507. The average molecular weight is 594 g/mol. The van der Waals surface area contributed by atoms with Crippen LogP contribution in [0.4, 0.5) is 11.8 Å². The Labute approximate surface area is 250 Å². The maximum atomic E-state index is 13.9. The van der Waals surface area contributed by atoms with E-state index in [1.54, 1.807) is 19.4 Å². The number of fused-ring (bicyclic) bond motifs is 1. The zero-order valence-corrected chi connectivity index (χ0v) is 25.4. The summed E-state index contributed by atoms with van der Waals surface area (Å²) in [5.41, 5.74) is 11.5. The molecule has 12 heteroatoms. The lowest BCUT2D eigenvalue weighted by Gasteiger charge is -2.19. The number of carbonyl (C=O) groups excluding carboxylic acids is 2. The van der Waals surface area contributed by atoms with E-state index < -0.39 is 0 Å². The van der Waals surface area contributed by atoms with Gasteiger partial charge in [-0.25, -0.2) is 4.98 Å². The Morgan fingerprint density at radius 3 is 2.62 bits per heavy atom. The van der Waals surface area contributed by atoms with E-state index in [2.05, 4.69) is 24.8 Å². The number of anilines is 2. The summed E-state index contributed by atoms with van der Waals surface area (Å²) in [6.07, 6.45) is 5.83. The molecule has 3 aromatic heterocycles. The predicted octanol–water partition coefficient (Wildman–Crippen LogP) is 4.06. The number of likely N-dealkylation sites (tertiary alicyclic amines) is 1. The lowest BCUT2D eigenvalue weighted by atomic mass is 10.0. The number of rotatable bonds is 10. The number of ether oxygens (including phenoxy) is 2. The molecule has 1 saturated heterocycles. The van der Waals surface area contributed by atoms with Gasteiger partial charge >= 0.3 is 0 Å². The van der Waals surface area contributed by atoms with E-state index in [9.17, 15) is 9.59 Å². The number of hydrogen-bond acceptors (Lipinski definition) is 9. The highest BCUT2D eigenvalue weighted by molar-refractivity contribution is 6.41. The number of nitrogens with two attached hydrogens (primary N) is 1. The molecule has 0 aliphatic carbocycles. The van der Waals surface area contributed by atoms with Gasteiger partial charge in [-0.2, -0.15) is 4.98 Å². The number of nitrogen functional groups attached to an aromatic ring is 1. The van der Waals surface area contributed by atoms with Gasteiger partial charge in [0.15, 0.2) is 11.6 Å². The van der Waals surface area contributed by atoms with Crippen molar-refractivity contribution in [3.05, 3.63) is 56.2 Å². The molecule has 3 aromatic rings. The Morgan fingerprint density at radius 1 is 1.17 bits per heavy atom. The normalized spacial score (nSPS) is 16.1. The Hall–Kier alpha value is -3.80. The molecule has 1 amide bonds. The van der Waals surface area contributed by atoms with Gasteiger partial charge < -0.3 is 25.1 Å². The second kappa shape index (κ2) is 12.2. The van der Waals surface area contributed by atoms with Gasteiger partial charge in [-0.15, -0.1) is 0 Å². The van der Waals surface area contributed by atoms with Crippen LogP contribution in [0.2, 0.25) is 5.15 Å². The summed E-state index contributed by atoms with van der Waals surface area (Å²) in [5, 5.41) is 0.0643. The Morgan fingerprint density at radius 2 is 1.90 bits per heavy atom. The number of H-pyrrole nitrogens is 1. The number of amides is 1. The molecule has 42 heavy (non-hydrogen) atoms. The van der Waals surface area contributed by atoms with Gasteiger partial charge in [0.25, 0.3) is 5.91 Å². The average Bonchev–Trinajstić information content (AvgIpc) is 3.62. The standard InChI is InChI=1S/C30H36ClN7O4/c1-16-13-33-22(18(3)26(16)41-5)14-38-28-25(27(31)35-30(32)36-28)20(29(38)40)12-21-17(2)24(19(4)34-21)23(39)15-42-11-10-37-8-6-7-9-37/h12-13,34H,6-11,14-15H2,1-5H3,(H2,32,35,36)/b20-12-. The molecule has 0 bridgehead atoms. The minimum atomic E-state index is -0.336. The van der Waals surface area contributed by atoms with E-state index in [1.165, 1.54) is 17.7 Å². The first-order valence-electron chi connectivity index (χ1n) is 14.0. The van der Waals surface area contributed by atoms with Crippen molar-refractivity contribution >= 4 is 46.7 Å². The number of nitrogens with zero attached hydrogens (tertiary/aromatic N) is 5. The topological polar surface area (TPSA) is 140 Å². The molecule has 2 aliphatic heterocycles. The number of aromatic nitrogens is 4. The first-order chi connectivity index (χ1) is 20.1. The number of methoxy groups -OCH3 is 1. The van der Waals surface area contributed by atoms with E-state index in [1.807, 2.05) is 27.7 Å². The molecule has 1 fully saturated rings. The fourth-order valence-electron chi connectivity index (χ4n) is 5.79. The Bertz CT molecular complexity index is 1580. The lowest BCUT2D eigenvalue weighted by Crippen LogP contribution is -2.27. The van der Waals surface area contributed by atoms with Crippen molar-refractivity contribution in [2.75, 3.05) is 50.6 Å². The van der Waals surface area contributed by atoms with Crippen LogP contribution in [-0.2, 0) is 16.1 Å². The van der Waals surface area contributed by atoms with Gasteiger partial charge in [0.1, 0.15) is 17.5 Å². The van der Waals surface area contributed by atoms with E-state index in [0.29, 0.717) is 51.9 Å². The van der Waals surface area contributed by atoms with E-state index in [0.717, 1.165) is 30.8 Å². The molecule has 0 spiro atoms. The van der Waals surface area contributed by atoms with Crippen molar-refractivity contribution in [3.63, 3.8) is 0 Å². The molecule has 0 atom stereocenters. The van der Waals surface area contributed by atoms with E-state index in [4.69, 9.17) is 26.8 Å². The largest absolute Gasteiger partial charge is 0.496 e. The molecule has 0 radical (unpaired) electrons. The first kappa shape index (κ1) is 29.7. The number of ketones is 1. The lowest BCUT2D eigenvalue weighted by molar-refractivity contribution is -0.113. The Balaban J connectivity index is 1.43. The fraction of sp³-hybridized carbons (Fsp3) is 0.433. The van der Waals surface area contributed by atoms with Crippen LogP contribution in [-0.4, -0.2) is 76.5 Å². The van der Waals surface area contributed by atoms with E-state index >= 15 is 0 Å². The molecule has 5 heterocycles. The third-order valence-corrected chi connectivity index (χ3v) is 8.22. The number of Topliss-reactive ketones (excluding diaryl/α,β-unsaturated/α-hetero) is 1. The second-order valence-corrected chi connectivity index (χ2v) is 11.1. The SMILES string of the molecule is COc1c(C)cnc(CN2C(=O)/C(=C\c3[nH]c(C)c(C(=O)COCCN4CCCC4)c3C)c3c(Cl)nc(N)nc32)c1C. The molecule has 2 aliphatic rings. The third-order valence-electron chi connectivity index (χ3n) is 7.95. The van der Waals surface area contributed by atoms with Crippen LogP contribution in [0.25, 0.3) is 11.6 Å². The van der Waals surface area contributed by atoms with Crippen LogP contribution in [0.15, 0.2) is 6.20 Å². The van der Waals surface area contributed by atoms with Crippen LogP contribution in [0.1, 0.15) is 62.5 Å². The summed E-state index contributed by atoms with van der Waals surface area (Å²) < 4.78 is 11.3. The van der Waals surface area contributed by atoms with Crippen molar-refractivity contribution in [1.82, 2.24) is 24.8 Å². The van der Waals surface area contributed by atoms with Crippen LogP contribution in [0.3, 0.4) is 0 Å². The molecule has 0 unspecified atom stereocenters. The van der Waals surface area contributed by atoms with Crippen LogP contribution >= 0.6 is 11.6 Å². The van der Waals surface area contributed by atoms with Gasteiger partial charge in [-0.1, -0.05) is 11.6 Å². The van der Waals surface area contributed by atoms with Gasteiger partial charge in [-0.3, -0.25) is 19.5 Å². The van der Waals surface area contributed by atoms with Gasteiger partial charge in [0.05, 0.1) is 37.1 Å². The highest BCUT2D eigenvalue weighted by Crippen LogP contribution is 2.42. The maximum Gasteiger partial charge on any atom is 0.260 e. The summed E-state index contributed by atoms with van der Waals surface area (Å²) in [6.45, 7) is 11.1. The maximum absolute atomic E-state index is 13.9. The molecular formula is C30H36ClN7O4. The van der Waals surface area contributed by atoms with Crippen LogP contribution < -0.4 is 15.4 Å². The second-order valence-electron chi connectivity index (χ2n) is 10.8. The first-order valence-corrected chi connectivity index (χ1v) is 14.4. The minimum absolute atomic E-state index is 0.00969. The molecule has 11 nitrogen and oxygen atoms in total. The van der Waals surface area contributed by atoms with Crippen molar-refractivity contribution < 1.29 is 19.1 Å². The van der Waals surface area contributed by atoms with Crippen molar-refractivity contribution in [2.45, 2.75) is 47.1 Å². The molecular weight excluding hydrogens is 558 g/mol. The number of halogens is 1. The molecule has 222 valence electrons. The van der Waals surface area contributed by atoms with Gasteiger partial charge in [0, 0.05) is 40.8 Å². The third kappa shape index (κ3) is 5.64. The van der Waals surface area contributed by atoms with Crippen molar-refractivity contribution in [3.8, 4) is 5.75 Å². The number of pyridine rings is 1. The molecule has 0 aromatic carbocycles. The number of nitrogens with one attached hydrogen (secondary N) is 1. The molecule has 5 rings (SSSR count). The summed E-state index contributed by atoms with van der Waals surface area (Å²) in [7, 11) is 1.60. The number of hydrogen-bond donors (Lipinski definition) is 2. The van der Waals surface area contributed by atoms with Crippen LogP contribution in [0.5, 0.6) is 5.75 Å². The molecule has 0 saturated carbocycles. The number of aromatic amines is 1. The van der Waals surface area contributed by atoms with E-state index in [-0.39, 0.29) is 41.5 Å². The highest BCUT2D eigenvalue weighted by atomic mass is 35.5. The van der Waals surface area contributed by atoms with Crippen molar-refractivity contribution in [2.24, 2.45) is 0 Å². The summed E-state index contributed by atoms with van der Waals surface area (Å²) >= 11 is 6.54. The highest BCUT2D eigenvalue weighted by Gasteiger charge is 2.38. The van der Waals surface area contributed by atoms with Crippen molar-refractivity contribution in [1.29, 1.82) is 0 Å². The monoisotopic (exact) mass is 593 g/mol. The zero-order valence-electron chi connectivity index (χ0n) is 24.6. The molecule has 3 N–H and O–H groups in total. The quantitative estimate of drug-likeness (QED) is 0.154. The predicted molar refractivity (Wildman–Crippen MR) is 162 cm³/mol. The number of carbonyl (C=O) groups is 2. The Kier molecular flexibility index (Phi) is 8.63. The minimum Gasteiger partial charge on any atom is -0.496 e. The smallest absolute Gasteiger partial charge is 0.260 e. The van der Waals surface area contributed by atoms with Gasteiger partial charge in [-0.05, 0) is 65.3 Å². The summed E-state index contributed by atoms with van der Waals surface area (Å²) in [6, 6.07) is 0. The van der Waals surface area contributed by atoms with Gasteiger partial charge in [0.2, 0.25) is 5.95 Å². The fourth-order valence-corrected chi connectivity index (χ4v) is 6.07. The number of aryl methyl sites for hydroxylation is 2.